The maximum atomic E-state index is 8.25. The molecule has 1 aromatic heterocycles. The molecular formula is C10H11N2O2. The van der Waals surface area contributed by atoms with Crippen LogP contribution in [0, 0.1) is 0 Å². The largest absolute Gasteiger partial charge is 0.438 e. The van der Waals surface area contributed by atoms with Crippen LogP contribution in [0.3, 0.4) is 0 Å². The predicted octanol–water partition coefficient (Wildman–Crippen LogP) is 2.25. The van der Waals surface area contributed by atoms with E-state index in [0.717, 1.165) is 12.9 Å². The second kappa shape index (κ2) is 5.77. The van der Waals surface area contributed by atoms with Crippen LogP contribution in [-0.2, 0) is 5.11 Å². The van der Waals surface area contributed by atoms with Crippen LogP contribution in [0.1, 0.15) is 0 Å². The van der Waals surface area contributed by atoms with Gasteiger partial charge in [0.25, 0.3) is 0 Å². The number of benzene rings is 1. The molecule has 4 nitrogen and oxygen atoms in total. The normalized spacial score (nSPS) is 8.71. The Morgan fingerprint density at radius 2 is 1.86 bits per heavy atom. The van der Waals surface area contributed by atoms with Crippen molar-refractivity contribution in [1.29, 1.82) is 0 Å². The van der Waals surface area contributed by atoms with E-state index in [1.165, 1.54) is 0 Å². The van der Waals surface area contributed by atoms with Gasteiger partial charge >= 0.3 is 0 Å². The average Bonchev–Trinajstić information content (AvgIpc) is 2.75. The molecule has 0 unspecified atom stereocenters. The summed E-state index contributed by atoms with van der Waals surface area (Å²) in [4.78, 5) is 0. The van der Waals surface area contributed by atoms with E-state index < -0.39 is 0 Å². The predicted molar refractivity (Wildman–Crippen MR) is 51.7 cm³/mol. The fourth-order valence-electron chi connectivity index (χ4n) is 0.913. The van der Waals surface area contributed by atoms with Gasteiger partial charge in [-0.1, -0.05) is 18.2 Å². The van der Waals surface area contributed by atoms with E-state index in [0.29, 0.717) is 5.88 Å². The molecule has 73 valence electrons. The summed E-state index contributed by atoms with van der Waals surface area (Å²) in [6.45, 7) is 0. The van der Waals surface area contributed by atoms with Crippen LogP contribution in [0.15, 0.2) is 42.6 Å². The molecule has 1 radical (unpaired) electrons. The van der Waals surface area contributed by atoms with Crippen molar-refractivity contribution in [3.05, 3.63) is 42.6 Å². The maximum Gasteiger partial charge on any atom is 0.237 e. The molecule has 2 aromatic rings. The van der Waals surface area contributed by atoms with E-state index >= 15 is 0 Å². The lowest BCUT2D eigenvalue weighted by atomic mass is 10.3. The number of aromatic nitrogens is 2. The molecule has 0 aliphatic heterocycles. The van der Waals surface area contributed by atoms with Crippen molar-refractivity contribution in [3.63, 3.8) is 0 Å². The number of nitrogens with zero attached hydrogens (tertiary/aromatic N) is 1. The monoisotopic (exact) mass is 191 g/mol. The minimum Gasteiger partial charge on any atom is -0.438 e. The van der Waals surface area contributed by atoms with Gasteiger partial charge in [0.2, 0.25) is 5.88 Å². The number of para-hydroxylation sites is 1. The van der Waals surface area contributed by atoms with Crippen LogP contribution in [-0.4, -0.2) is 17.3 Å². The summed E-state index contributed by atoms with van der Waals surface area (Å²) < 4.78 is 5.38. The summed E-state index contributed by atoms with van der Waals surface area (Å²) in [6, 6.07) is 11.3. The SMILES string of the molecule is C[O].c1ccc(Oc2cc[nH]n2)cc1. The topological polar surface area (TPSA) is 57.8 Å². The van der Waals surface area contributed by atoms with Gasteiger partial charge in [-0.2, -0.15) is 0 Å². The lowest BCUT2D eigenvalue weighted by Gasteiger charge is -1.99. The summed E-state index contributed by atoms with van der Waals surface area (Å²) >= 11 is 0. The molecule has 0 amide bonds. The van der Waals surface area contributed by atoms with E-state index in [2.05, 4.69) is 10.2 Å². The van der Waals surface area contributed by atoms with Gasteiger partial charge in [-0.3, -0.25) is 5.10 Å². The Labute approximate surface area is 82.2 Å². The fourth-order valence-corrected chi connectivity index (χ4v) is 0.913. The van der Waals surface area contributed by atoms with Crippen molar-refractivity contribution >= 4 is 0 Å². The van der Waals surface area contributed by atoms with Gasteiger partial charge in [-0.05, 0) is 12.1 Å². The van der Waals surface area contributed by atoms with Crippen molar-refractivity contribution in [1.82, 2.24) is 10.2 Å². The highest BCUT2D eigenvalue weighted by Gasteiger charge is 1.95. The van der Waals surface area contributed by atoms with Gasteiger partial charge in [-0.15, -0.1) is 5.10 Å². The molecule has 2 rings (SSSR count). The van der Waals surface area contributed by atoms with Crippen LogP contribution < -0.4 is 4.74 Å². The lowest BCUT2D eigenvalue weighted by Crippen LogP contribution is -1.82. The minimum atomic E-state index is 0.584. The number of aromatic amines is 1. The number of nitrogens with one attached hydrogen (secondary N) is 1. The first-order valence-corrected chi connectivity index (χ1v) is 4.09. The second-order valence-electron chi connectivity index (χ2n) is 2.33. The molecule has 0 saturated carbocycles. The Kier molecular flexibility index (Phi) is 4.23. The Bertz CT molecular complexity index is 332. The molecule has 14 heavy (non-hydrogen) atoms. The molecule has 0 saturated heterocycles. The molecule has 0 aliphatic rings. The van der Waals surface area contributed by atoms with Crippen LogP contribution in [0.2, 0.25) is 0 Å². The van der Waals surface area contributed by atoms with Crippen molar-refractivity contribution in [2.75, 3.05) is 7.11 Å². The van der Waals surface area contributed by atoms with Crippen LogP contribution in [0.4, 0.5) is 0 Å². The highest BCUT2D eigenvalue weighted by Crippen LogP contribution is 2.16. The molecule has 1 N–H and O–H groups in total. The van der Waals surface area contributed by atoms with Crippen LogP contribution in [0.25, 0.3) is 0 Å². The zero-order valence-electron chi connectivity index (χ0n) is 7.81. The number of hydrogen-bond acceptors (Lipinski definition) is 2. The first-order chi connectivity index (χ1) is 6.95. The van der Waals surface area contributed by atoms with E-state index in [4.69, 9.17) is 9.84 Å². The standard InChI is InChI=1S/C9H8N2O.CH3O/c1-2-4-8(5-3-1)12-9-6-7-10-11-9;1-2/h1-7H,(H,10,11);1H3. The molecule has 0 atom stereocenters. The van der Waals surface area contributed by atoms with Gasteiger partial charge in [0, 0.05) is 12.3 Å². The smallest absolute Gasteiger partial charge is 0.237 e. The second-order valence-corrected chi connectivity index (χ2v) is 2.33. The van der Waals surface area contributed by atoms with Gasteiger partial charge in [0.05, 0.1) is 7.11 Å². The number of ether oxygens (including phenoxy) is 1. The van der Waals surface area contributed by atoms with Gasteiger partial charge < -0.3 is 4.74 Å². The average molecular weight is 191 g/mol. The van der Waals surface area contributed by atoms with Crippen molar-refractivity contribution in [2.45, 2.75) is 0 Å². The van der Waals surface area contributed by atoms with Gasteiger partial charge in [0.1, 0.15) is 5.75 Å². The molecule has 1 aromatic carbocycles. The Morgan fingerprint density at radius 1 is 1.14 bits per heavy atom. The van der Waals surface area contributed by atoms with E-state index in [9.17, 15) is 0 Å². The van der Waals surface area contributed by atoms with Crippen molar-refractivity contribution < 1.29 is 9.84 Å². The number of hydrogen-bond donors (Lipinski definition) is 1. The molecule has 0 aliphatic carbocycles. The van der Waals surface area contributed by atoms with Crippen LogP contribution in [0.5, 0.6) is 11.6 Å². The van der Waals surface area contributed by atoms with Gasteiger partial charge in [0.15, 0.2) is 0 Å². The third-order valence-electron chi connectivity index (χ3n) is 1.44. The van der Waals surface area contributed by atoms with E-state index in [-0.39, 0.29) is 0 Å². The minimum absolute atomic E-state index is 0.584. The molecule has 0 fully saturated rings. The Morgan fingerprint density at radius 3 is 2.43 bits per heavy atom. The summed E-state index contributed by atoms with van der Waals surface area (Å²) in [6.07, 6.45) is 1.72. The third kappa shape index (κ3) is 2.91. The van der Waals surface area contributed by atoms with Crippen molar-refractivity contribution in [2.24, 2.45) is 0 Å². The Hall–Kier alpha value is -1.81. The summed E-state index contributed by atoms with van der Waals surface area (Å²) in [5.74, 6) is 1.38. The van der Waals surface area contributed by atoms with Gasteiger partial charge in [-0.25, -0.2) is 5.11 Å². The van der Waals surface area contributed by atoms with Crippen molar-refractivity contribution in [3.8, 4) is 11.6 Å². The highest BCUT2D eigenvalue weighted by atomic mass is 16.5. The quantitative estimate of drug-likeness (QED) is 0.791. The Balaban J connectivity index is 0.000000461. The highest BCUT2D eigenvalue weighted by molar-refractivity contribution is 5.25. The molecule has 4 heteroatoms. The number of rotatable bonds is 2. The van der Waals surface area contributed by atoms with E-state index in [1.807, 2.05) is 30.3 Å². The zero-order valence-corrected chi connectivity index (χ0v) is 7.81. The van der Waals surface area contributed by atoms with Crippen LogP contribution >= 0.6 is 0 Å². The first-order valence-electron chi connectivity index (χ1n) is 4.09. The third-order valence-corrected chi connectivity index (χ3v) is 1.44. The summed E-state index contributed by atoms with van der Waals surface area (Å²) in [7, 11) is 0.750. The lowest BCUT2D eigenvalue weighted by molar-refractivity contribution is 0.282. The molecule has 0 bridgehead atoms. The fraction of sp³-hybridized carbons (Fsp3) is 0.100. The number of H-pyrrole nitrogens is 1. The molecule has 1 heterocycles. The molecule has 0 spiro atoms. The first kappa shape index (κ1) is 10.3. The molecular weight excluding hydrogens is 180 g/mol. The maximum absolute atomic E-state index is 8.25. The summed E-state index contributed by atoms with van der Waals surface area (Å²) in [5.41, 5.74) is 0. The van der Waals surface area contributed by atoms with E-state index in [1.54, 1.807) is 12.3 Å². The zero-order chi connectivity index (χ0) is 10.2. The summed E-state index contributed by atoms with van der Waals surface area (Å²) in [5, 5.41) is 14.8.